The number of esters is 1. The number of carbonyl (C=O) groups excluding carboxylic acids is 1. The summed E-state index contributed by atoms with van der Waals surface area (Å²) in [5.74, 6) is 2.28. The zero-order valence-electron chi connectivity index (χ0n) is 22.8. The van der Waals surface area contributed by atoms with Gasteiger partial charge in [-0.1, -0.05) is 23.9 Å². The molecule has 5 rings (SSSR count). The van der Waals surface area contributed by atoms with Crippen LogP contribution < -0.4 is 18.9 Å². The molecule has 204 valence electrons. The van der Waals surface area contributed by atoms with Crippen LogP contribution in [-0.4, -0.2) is 51.1 Å². The van der Waals surface area contributed by atoms with Crippen molar-refractivity contribution >= 4 is 29.0 Å². The molecule has 0 saturated carbocycles. The van der Waals surface area contributed by atoms with E-state index in [4.69, 9.17) is 28.7 Å². The first-order valence-electron chi connectivity index (χ1n) is 12.8. The van der Waals surface area contributed by atoms with Gasteiger partial charge >= 0.3 is 5.97 Å². The van der Waals surface area contributed by atoms with Crippen molar-refractivity contribution in [2.45, 2.75) is 32.2 Å². The van der Waals surface area contributed by atoms with Crippen LogP contribution in [-0.2, 0) is 9.53 Å². The van der Waals surface area contributed by atoms with Gasteiger partial charge in [0.25, 0.3) is 0 Å². The molecule has 2 aromatic rings. The van der Waals surface area contributed by atoms with Crippen LogP contribution in [0.25, 0.3) is 6.08 Å². The maximum absolute atomic E-state index is 13.0. The number of amidine groups is 1. The number of carbonyl (C=O) groups is 1. The largest absolute Gasteiger partial charge is 0.493 e. The number of methoxy groups -OCH3 is 4. The maximum Gasteiger partial charge on any atom is 0.355 e. The fourth-order valence-corrected chi connectivity index (χ4v) is 6.13. The summed E-state index contributed by atoms with van der Waals surface area (Å²) >= 11 is 1.44. The molecule has 0 fully saturated rings. The van der Waals surface area contributed by atoms with Gasteiger partial charge in [-0.05, 0) is 78.8 Å². The number of ether oxygens (including phenoxy) is 5. The van der Waals surface area contributed by atoms with E-state index >= 15 is 0 Å². The molecule has 1 aliphatic carbocycles. The third-order valence-corrected chi connectivity index (χ3v) is 7.83. The first-order valence-corrected chi connectivity index (χ1v) is 13.7. The minimum Gasteiger partial charge on any atom is -0.493 e. The molecule has 0 N–H and O–H groups in total. The Morgan fingerprint density at radius 3 is 2.36 bits per heavy atom. The molecule has 0 aromatic heterocycles. The second-order valence-corrected chi connectivity index (χ2v) is 9.97. The summed E-state index contributed by atoms with van der Waals surface area (Å²) in [5.41, 5.74) is 5.74. The van der Waals surface area contributed by atoms with Gasteiger partial charge in [0.1, 0.15) is 5.70 Å². The Labute approximate surface area is 232 Å². The molecule has 1 atom stereocenters. The summed E-state index contributed by atoms with van der Waals surface area (Å²) < 4.78 is 27.5. The van der Waals surface area contributed by atoms with E-state index in [2.05, 4.69) is 6.08 Å². The first kappa shape index (κ1) is 26.7. The van der Waals surface area contributed by atoms with Crippen LogP contribution in [0, 0.1) is 0 Å². The van der Waals surface area contributed by atoms with E-state index in [9.17, 15) is 4.79 Å². The van der Waals surface area contributed by atoms with E-state index in [1.54, 1.807) is 28.4 Å². The molecule has 0 radical (unpaired) electrons. The van der Waals surface area contributed by atoms with Crippen LogP contribution in [0.5, 0.6) is 23.0 Å². The molecule has 0 spiro atoms. The van der Waals surface area contributed by atoms with E-state index in [-0.39, 0.29) is 12.0 Å². The smallest absolute Gasteiger partial charge is 0.355 e. The Kier molecular flexibility index (Phi) is 7.88. The number of hydrogen-bond donors (Lipinski definition) is 0. The van der Waals surface area contributed by atoms with Crippen LogP contribution in [0.3, 0.4) is 0 Å². The average molecular weight is 549 g/mol. The molecule has 2 aliphatic heterocycles. The van der Waals surface area contributed by atoms with Crippen molar-refractivity contribution in [2.75, 3.05) is 35.0 Å². The van der Waals surface area contributed by atoms with Crippen molar-refractivity contribution in [3.05, 3.63) is 75.5 Å². The highest BCUT2D eigenvalue weighted by Gasteiger charge is 2.42. The van der Waals surface area contributed by atoms with Gasteiger partial charge in [-0.25, -0.2) is 9.79 Å². The quantitative estimate of drug-likeness (QED) is 0.366. The second-order valence-electron chi connectivity index (χ2n) is 9.13. The lowest BCUT2D eigenvalue weighted by Gasteiger charge is -2.39. The fraction of sp³-hybridized carbons (Fsp3) is 0.333. The monoisotopic (exact) mass is 548 g/mol. The topological polar surface area (TPSA) is 78.8 Å². The lowest BCUT2D eigenvalue weighted by molar-refractivity contribution is -0.139. The van der Waals surface area contributed by atoms with E-state index in [0.717, 1.165) is 52.4 Å². The number of aliphatic imine (C=N–C) groups is 1. The highest BCUT2D eigenvalue weighted by molar-refractivity contribution is 8.16. The zero-order valence-corrected chi connectivity index (χ0v) is 23.6. The fourth-order valence-electron chi connectivity index (χ4n) is 5.24. The van der Waals surface area contributed by atoms with Crippen LogP contribution in [0.1, 0.15) is 43.4 Å². The first-order chi connectivity index (χ1) is 19.0. The number of fused-ring (bicyclic) bond motifs is 1. The van der Waals surface area contributed by atoms with Crippen LogP contribution in [0.4, 0.5) is 0 Å². The number of hydrogen-bond acceptors (Lipinski definition) is 9. The third kappa shape index (κ3) is 4.98. The Balaban J connectivity index is 1.64. The molecular formula is C30H32N2O6S. The molecule has 2 aromatic carbocycles. The molecule has 3 aliphatic rings. The number of thioether (sulfide) groups is 1. The number of rotatable bonds is 8. The summed E-state index contributed by atoms with van der Waals surface area (Å²) in [6.07, 6.45) is 4.88. The van der Waals surface area contributed by atoms with Crippen molar-refractivity contribution in [2.24, 2.45) is 4.99 Å². The molecule has 0 saturated heterocycles. The van der Waals surface area contributed by atoms with Gasteiger partial charge in [-0.15, -0.1) is 0 Å². The van der Waals surface area contributed by atoms with Gasteiger partial charge in [-0.2, -0.15) is 0 Å². The van der Waals surface area contributed by atoms with Crippen LogP contribution >= 0.6 is 11.8 Å². The van der Waals surface area contributed by atoms with E-state index in [1.165, 1.54) is 11.8 Å². The lowest BCUT2D eigenvalue weighted by Crippen LogP contribution is -2.37. The Morgan fingerprint density at radius 2 is 1.67 bits per heavy atom. The van der Waals surface area contributed by atoms with Crippen molar-refractivity contribution in [3.8, 4) is 23.0 Å². The Morgan fingerprint density at radius 1 is 0.974 bits per heavy atom. The number of allylic oxidation sites excluding steroid dienone is 1. The molecule has 0 amide bonds. The Bertz CT molecular complexity index is 1410. The minimum atomic E-state index is -0.360. The highest BCUT2D eigenvalue weighted by Crippen LogP contribution is 2.50. The molecule has 9 heteroatoms. The van der Waals surface area contributed by atoms with Crippen molar-refractivity contribution in [1.29, 1.82) is 0 Å². The molecule has 0 bridgehead atoms. The maximum atomic E-state index is 13.0. The summed E-state index contributed by atoms with van der Waals surface area (Å²) in [7, 11) is 6.51. The van der Waals surface area contributed by atoms with E-state index < -0.39 is 0 Å². The van der Waals surface area contributed by atoms with Crippen molar-refractivity contribution < 1.29 is 28.5 Å². The predicted molar refractivity (Wildman–Crippen MR) is 152 cm³/mol. The predicted octanol–water partition coefficient (Wildman–Crippen LogP) is 6.11. The van der Waals surface area contributed by atoms with Crippen LogP contribution in [0.2, 0.25) is 0 Å². The summed E-state index contributed by atoms with van der Waals surface area (Å²) in [6.45, 7) is 2.11. The minimum absolute atomic E-state index is 0.243. The highest BCUT2D eigenvalue weighted by atomic mass is 32.2. The number of benzene rings is 2. The standard InChI is InChI=1S/C30H32N2O6S/c1-6-38-29(33)22-17-39-30-31-27-19(14-18-10-12-23(34-2)25(15-18)36-4)8-7-9-21(27)28(32(22)30)20-11-13-24(35-3)26(16-20)37-5/h10-17,28H,6-9H2,1-5H3/b19-14+. The molecule has 1 unspecified atom stereocenters. The third-order valence-electron chi connectivity index (χ3n) is 6.99. The summed E-state index contributed by atoms with van der Waals surface area (Å²) in [4.78, 5) is 20.1. The number of nitrogens with zero attached hydrogens (tertiary/aromatic N) is 2. The van der Waals surface area contributed by atoms with Gasteiger partial charge in [0.05, 0.1) is 46.8 Å². The van der Waals surface area contributed by atoms with Gasteiger partial charge in [0, 0.05) is 5.41 Å². The Hall–Kier alpha value is -3.85. The van der Waals surface area contributed by atoms with Gasteiger partial charge in [0.15, 0.2) is 28.2 Å². The molecule has 2 heterocycles. The normalized spacial score (nSPS) is 19.2. The summed E-state index contributed by atoms with van der Waals surface area (Å²) in [6, 6.07) is 11.6. The molecule has 8 nitrogen and oxygen atoms in total. The zero-order chi connectivity index (χ0) is 27.5. The molecular weight excluding hydrogens is 516 g/mol. The second kappa shape index (κ2) is 11.5. The van der Waals surface area contributed by atoms with Crippen molar-refractivity contribution in [1.82, 2.24) is 4.90 Å². The van der Waals surface area contributed by atoms with Gasteiger partial charge in [-0.3, -0.25) is 0 Å². The lowest BCUT2D eigenvalue weighted by atomic mass is 9.83. The molecule has 39 heavy (non-hydrogen) atoms. The van der Waals surface area contributed by atoms with Crippen LogP contribution in [0.15, 0.2) is 69.3 Å². The average Bonchev–Trinajstić information content (AvgIpc) is 3.39. The van der Waals surface area contributed by atoms with Crippen molar-refractivity contribution in [3.63, 3.8) is 0 Å². The van der Waals surface area contributed by atoms with E-state index in [0.29, 0.717) is 35.3 Å². The van der Waals surface area contributed by atoms with E-state index in [1.807, 2.05) is 53.6 Å². The van der Waals surface area contributed by atoms with Gasteiger partial charge in [0.2, 0.25) is 0 Å². The SMILES string of the molecule is CCOC(=O)C1=CSC2=NC3=C(CCC/C3=C\c3ccc(OC)c(OC)c3)C(c3ccc(OC)c(OC)c3)N12. The van der Waals surface area contributed by atoms with Gasteiger partial charge < -0.3 is 28.6 Å². The summed E-state index contributed by atoms with van der Waals surface area (Å²) in [5, 5.41) is 2.58.